The number of para-hydroxylation sites is 2. The summed E-state index contributed by atoms with van der Waals surface area (Å²) in [6, 6.07) is 6.76. The van der Waals surface area contributed by atoms with Crippen LogP contribution in [0.1, 0.15) is 44.5 Å². The van der Waals surface area contributed by atoms with Gasteiger partial charge in [-0.2, -0.15) is 8.78 Å². The van der Waals surface area contributed by atoms with E-state index in [-0.39, 0.29) is 24.3 Å². The highest BCUT2D eigenvalue weighted by atomic mass is 19.3. The molecule has 4 aliphatic rings. The van der Waals surface area contributed by atoms with Crippen molar-refractivity contribution in [2.75, 3.05) is 0 Å². The molecule has 0 atom stereocenters. The van der Waals surface area contributed by atoms with Crippen LogP contribution in [0.2, 0.25) is 0 Å². The number of hydrogen-bond acceptors (Lipinski definition) is 3. The lowest BCUT2D eigenvalue weighted by Gasteiger charge is -2.53. The first kappa shape index (κ1) is 16.2. The summed E-state index contributed by atoms with van der Waals surface area (Å²) in [6.45, 7) is -2.90. The van der Waals surface area contributed by atoms with Crippen molar-refractivity contribution < 1.29 is 18.3 Å². The van der Waals surface area contributed by atoms with Gasteiger partial charge in [0.05, 0.1) is 17.0 Å². The maximum Gasteiger partial charge on any atom is 0.320 e. The number of fused-ring (bicyclic) bond motifs is 1. The Balaban J connectivity index is 1.34. The lowest BCUT2D eigenvalue weighted by molar-refractivity contribution is -0.164. The number of esters is 1. The molecule has 4 bridgehead atoms. The Bertz CT molecular complexity index is 819. The van der Waals surface area contributed by atoms with E-state index in [0.717, 1.165) is 42.1 Å². The second-order valence-electron chi connectivity index (χ2n) is 8.23. The number of benzene rings is 1. The molecule has 0 unspecified atom stereocenters. The monoisotopic (exact) mass is 360 g/mol. The third-order valence-corrected chi connectivity index (χ3v) is 6.71. The largest absolute Gasteiger partial charge is 0.457 e. The average molecular weight is 360 g/mol. The zero-order valence-corrected chi connectivity index (χ0v) is 14.5. The summed E-state index contributed by atoms with van der Waals surface area (Å²) in [5.41, 5.74) is 0.858. The Morgan fingerprint density at radius 3 is 2.42 bits per heavy atom. The fourth-order valence-electron chi connectivity index (χ4n) is 5.96. The molecule has 0 radical (unpaired) electrons. The fourth-order valence-corrected chi connectivity index (χ4v) is 5.96. The molecule has 2 aromatic rings. The summed E-state index contributed by atoms with van der Waals surface area (Å²) in [4.78, 5) is 17.0. The van der Waals surface area contributed by atoms with Crippen molar-refractivity contribution in [3.05, 3.63) is 30.1 Å². The van der Waals surface area contributed by atoms with Crippen LogP contribution in [0.4, 0.5) is 8.78 Å². The van der Waals surface area contributed by atoms with Crippen LogP contribution in [0.25, 0.3) is 11.0 Å². The second kappa shape index (κ2) is 6.03. The first-order valence-corrected chi connectivity index (χ1v) is 9.50. The van der Waals surface area contributed by atoms with E-state index in [9.17, 15) is 13.6 Å². The van der Waals surface area contributed by atoms with E-state index in [2.05, 4.69) is 4.98 Å². The number of ether oxygens (including phenoxy) is 1. The second-order valence-corrected chi connectivity index (χ2v) is 8.23. The Kier molecular flexibility index (Phi) is 3.76. The predicted octanol–water partition coefficient (Wildman–Crippen LogP) is 4.55. The number of carbonyl (C=O) groups is 1. The minimum Gasteiger partial charge on any atom is -0.457 e. The number of hydrogen-bond donors (Lipinski definition) is 0. The molecule has 1 aromatic heterocycles. The van der Waals surface area contributed by atoms with E-state index < -0.39 is 6.55 Å². The molecule has 0 N–H and O–H groups in total. The Morgan fingerprint density at radius 2 is 1.77 bits per heavy atom. The maximum atomic E-state index is 13.5. The highest BCUT2D eigenvalue weighted by Crippen LogP contribution is 2.56. The first-order chi connectivity index (χ1) is 12.6. The number of rotatable bonds is 4. The molecule has 6 heteroatoms. The predicted molar refractivity (Wildman–Crippen MR) is 91.3 cm³/mol. The van der Waals surface area contributed by atoms with Crippen LogP contribution in [0.3, 0.4) is 0 Å². The average Bonchev–Trinajstić information content (AvgIpc) is 2.97. The summed E-state index contributed by atoms with van der Waals surface area (Å²) < 4.78 is 33.4. The van der Waals surface area contributed by atoms with Crippen LogP contribution >= 0.6 is 0 Å². The van der Waals surface area contributed by atoms with E-state index in [0.29, 0.717) is 22.9 Å². The minimum atomic E-state index is -2.71. The van der Waals surface area contributed by atoms with Gasteiger partial charge in [-0.15, -0.1) is 0 Å². The van der Waals surface area contributed by atoms with Gasteiger partial charge < -0.3 is 4.74 Å². The molecule has 138 valence electrons. The number of halogens is 2. The van der Waals surface area contributed by atoms with Crippen molar-refractivity contribution in [1.82, 2.24) is 9.55 Å². The van der Waals surface area contributed by atoms with Gasteiger partial charge in [0.2, 0.25) is 0 Å². The zero-order chi connectivity index (χ0) is 17.8. The van der Waals surface area contributed by atoms with Crippen molar-refractivity contribution in [2.24, 2.45) is 29.6 Å². The van der Waals surface area contributed by atoms with Crippen LogP contribution in [0, 0.1) is 29.6 Å². The summed E-state index contributed by atoms with van der Waals surface area (Å²) in [7, 11) is 0. The normalized spacial score (nSPS) is 32.5. The van der Waals surface area contributed by atoms with Crippen LogP contribution in [-0.2, 0) is 16.1 Å². The molecule has 0 aliphatic heterocycles. The zero-order valence-electron chi connectivity index (χ0n) is 14.5. The van der Waals surface area contributed by atoms with Crippen molar-refractivity contribution >= 4 is 17.0 Å². The van der Waals surface area contributed by atoms with Gasteiger partial charge in [0.15, 0.2) is 5.82 Å². The molecule has 4 fully saturated rings. The third kappa shape index (κ3) is 2.53. The molecule has 26 heavy (non-hydrogen) atoms. The highest BCUT2D eigenvalue weighted by Gasteiger charge is 2.51. The van der Waals surface area contributed by atoms with Crippen molar-refractivity contribution in [3.8, 4) is 0 Å². The van der Waals surface area contributed by atoms with Gasteiger partial charge in [0.25, 0.3) is 0 Å². The van der Waals surface area contributed by atoms with Gasteiger partial charge >= 0.3 is 12.5 Å². The van der Waals surface area contributed by atoms with E-state index in [1.807, 2.05) is 0 Å². The van der Waals surface area contributed by atoms with Gasteiger partial charge in [-0.25, -0.2) is 4.98 Å². The van der Waals surface area contributed by atoms with Gasteiger partial charge in [0, 0.05) is 0 Å². The van der Waals surface area contributed by atoms with Crippen LogP contribution < -0.4 is 0 Å². The molecule has 6 rings (SSSR count). The van der Waals surface area contributed by atoms with Crippen LogP contribution in [-0.4, -0.2) is 15.5 Å². The minimum absolute atomic E-state index is 0.0489. The van der Waals surface area contributed by atoms with Crippen LogP contribution in [0.15, 0.2) is 24.3 Å². The lowest BCUT2D eigenvalue weighted by atomic mass is 9.52. The van der Waals surface area contributed by atoms with Crippen molar-refractivity contribution in [2.45, 2.75) is 45.3 Å². The van der Waals surface area contributed by atoms with Gasteiger partial charge in [-0.05, 0) is 67.9 Å². The van der Waals surface area contributed by atoms with Gasteiger partial charge in [-0.3, -0.25) is 9.36 Å². The quantitative estimate of drug-likeness (QED) is 0.752. The molecule has 4 saturated carbocycles. The third-order valence-electron chi connectivity index (χ3n) is 6.71. The fraction of sp³-hybridized carbons (Fsp3) is 0.600. The van der Waals surface area contributed by atoms with Crippen molar-refractivity contribution in [3.63, 3.8) is 0 Å². The van der Waals surface area contributed by atoms with E-state index in [4.69, 9.17) is 4.74 Å². The number of imidazole rings is 1. The molecule has 1 aromatic carbocycles. The summed E-state index contributed by atoms with van der Waals surface area (Å²) >= 11 is 0. The van der Waals surface area contributed by atoms with Crippen molar-refractivity contribution in [1.29, 1.82) is 0 Å². The highest BCUT2D eigenvalue weighted by molar-refractivity contribution is 5.76. The first-order valence-electron chi connectivity index (χ1n) is 9.50. The summed E-state index contributed by atoms with van der Waals surface area (Å²) in [6.07, 6.45) is 5.84. The van der Waals surface area contributed by atoms with E-state index in [1.165, 1.54) is 6.42 Å². The molecule has 0 amide bonds. The maximum absolute atomic E-state index is 13.5. The molecule has 4 aliphatic carbocycles. The standard InChI is InChI=1S/C20H22F2N2O2/c21-20(22)24-16-4-2-1-3-15(16)23-17(24)10-26-19(25)18-13-6-11-5-12(8-13)9-14(18)7-11/h1-4,11-14,18,20H,5-10H2. The number of alkyl halides is 2. The number of carbonyl (C=O) groups excluding carboxylic acids is 1. The van der Waals surface area contributed by atoms with Gasteiger partial charge in [-0.1, -0.05) is 12.1 Å². The lowest BCUT2D eigenvalue weighted by Crippen LogP contribution is -2.48. The summed E-state index contributed by atoms with van der Waals surface area (Å²) in [5, 5.41) is 0. The molecular formula is C20H22F2N2O2. The number of aromatic nitrogens is 2. The smallest absolute Gasteiger partial charge is 0.320 e. The molecule has 0 saturated heterocycles. The molecule has 0 spiro atoms. The Hall–Kier alpha value is -1.98. The topological polar surface area (TPSA) is 44.1 Å². The van der Waals surface area contributed by atoms with E-state index in [1.54, 1.807) is 24.3 Å². The van der Waals surface area contributed by atoms with E-state index >= 15 is 0 Å². The number of nitrogens with zero attached hydrogens (tertiary/aromatic N) is 2. The Labute approximate surface area is 150 Å². The van der Waals surface area contributed by atoms with Gasteiger partial charge in [0.1, 0.15) is 6.61 Å². The molecule has 4 nitrogen and oxygen atoms in total. The molecular weight excluding hydrogens is 338 g/mol. The Morgan fingerprint density at radius 1 is 1.12 bits per heavy atom. The SMILES string of the molecule is O=C(OCc1nc2ccccc2n1C(F)F)C1C2CC3CC(C2)CC1C3. The summed E-state index contributed by atoms with van der Waals surface area (Å²) in [5.74, 6) is 2.26. The molecule has 1 heterocycles. The van der Waals surface area contributed by atoms with Crippen LogP contribution in [0.5, 0.6) is 0 Å².